The molecule has 0 aromatic heterocycles. The summed E-state index contributed by atoms with van der Waals surface area (Å²) in [6.45, 7) is 4.72. The third-order valence-corrected chi connectivity index (χ3v) is 4.47. The molecule has 0 unspecified atom stereocenters. The highest BCUT2D eigenvalue weighted by atomic mass is 32.2. The van der Waals surface area contributed by atoms with Crippen molar-refractivity contribution in [3.8, 4) is 0 Å². The Kier molecular flexibility index (Phi) is 4.21. The monoisotopic (exact) mass is 285 g/mol. The van der Waals surface area contributed by atoms with Crippen molar-refractivity contribution in [2.24, 2.45) is 5.73 Å². The number of sulfonamides is 1. The van der Waals surface area contributed by atoms with E-state index in [0.717, 1.165) is 5.56 Å². The highest BCUT2D eigenvalue weighted by Gasteiger charge is 2.31. The van der Waals surface area contributed by atoms with E-state index in [9.17, 15) is 13.2 Å². The third kappa shape index (κ3) is 3.45. The Labute approximate surface area is 113 Å². The number of amides is 1. The summed E-state index contributed by atoms with van der Waals surface area (Å²) < 4.78 is 26.5. The first-order valence-electron chi connectivity index (χ1n) is 5.82. The van der Waals surface area contributed by atoms with Crippen LogP contribution >= 0.6 is 0 Å². The number of hydrogen-bond donors (Lipinski definition) is 3. The molecule has 1 rings (SSSR count). The van der Waals surface area contributed by atoms with E-state index < -0.39 is 21.5 Å². The molecule has 0 aliphatic carbocycles. The lowest BCUT2D eigenvalue weighted by Gasteiger charge is -2.22. The van der Waals surface area contributed by atoms with E-state index in [1.54, 1.807) is 6.07 Å². The van der Waals surface area contributed by atoms with Gasteiger partial charge in [0.1, 0.15) is 5.54 Å². The van der Waals surface area contributed by atoms with E-state index in [0.29, 0.717) is 12.1 Å². The highest BCUT2D eigenvalue weighted by Crippen LogP contribution is 2.19. The Morgan fingerprint density at radius 2 is 1.95 bits per heavy atom. The van der Waals surface area contributed by atoms with Gasteiger partial charge >= 0.3 is 0 Å². The molecule has 0 heterocycles. The molecule has 0 fully saturated rings. The highest BCUT2D eigenvalue weighted by molar-refractivity contribution is 7.89. The summed E-state index contributed by atoms with van der Waals surface area (Å²) in [4.78, 5) is 11.2. The van der Waals surface area contributed by atoms with Crippen LogP contribution in [0.25, 0.3) is 0 Å². The molecule has 0 saturated heterocycles. The fraction of sp³-hybridized carbons (Fsp3) is 0.417. The van der Waals surface area contributed by atoms with E-state index in [-0.39, 0.29) is 4.90 Å². The van der Waals surface area contributed by atoms with Crippen LogP contribution in [0.5, 0.6) is 0 Å². The second-order valence-corrected chi connectivity index (χ2v) is 6.49. The van der Waals surface area contributed by atoms with Crippen molar-refractivity contribution in [3.05, 3.63) is 23.8 Å². The van der Waals surface area contributed by atoms with Gasteiger partial charge in [-0.2, -0.15) is 4.72 Å². The van der Waals surface area contributed by atoms with Gasteiger partial charge in [0.05, 0.1) is 4.90 Å². The fourth-order valence-electron chi connectivity index (χ4n) is 1.51. The molecule has 0 spiro atoms. The molecule has 1 aromatic carbocycles. The second-order valence-electron chi connectivity index (χ2n) is 4.81. The lowest BCUT2D eigenvalue weighted by molar-refractivity contribution is -0.122. The normalized spacial score (nSPS) is 12.4. The molecule has 7 heteroatoms. The fourth-order valence-corrected chi connectivity index (χ4v) is 2.93. The number of aryl methyl sites for hydroxylation is 1. The van der Waals surface area contributed by atoms with Crippen molar-refractivity contribution >= 4 is 21.6 Å². The molecule has 1 amide bonds. The van der Waals surface area contributed by atoms with Gasteiger partial charge in [-0.15, -0.1) is 0 Å². The minimum absolute atomic E-state index is 0.0107. The number of nitrogen functional groups attached to an aromatic ring is 1. The van der Waals surface area contributed by atoms with Crippen LogP contribution in [0.1, 0.15) is 26.3 Å². The first-order chi connectivity index (χ1) is 8.60. The van der Waals surface area contributed by atoms with Crippen LogP contribution in [0, 0.1) is 0 Å². The molecule has 0 radical (unpaired) electrons. The molecule has 0 bridgehead atoms. The van der Waals surface area contributed by atoms with E-state index in [2.05, 4.69) is 4.72 Å². The Morgan fingerprint density at radius 3 is 2.37 bits per heavy atom. The largest absolute Gasteiger partial charge is 0.398 e. The molecule has 0 aliphatic heterocycles. The number of carbonyl (C=O) groups is 1. The van der Waals surface area contributed by atoms with E-state index >= 15 is 0 Å². The summed E-state index contributed by atoms with van der Waals surface area (Å²) in [5.41, 5.74) is 10.8. The van der Waals surface area contributed by atoms with Gasteiger partial charge in [-0.05, 0) is 38.0 Å². The van der Waals surface area contributed by atoms with E-state index in [1.165, 1.54) is 26.0 Å². The van der Waals surface area contributed by atoms with Crippen LogP contribution in [0.3, 0.4) is 0 Å². The zero-order valence-electron chi connectivity index (χ0n) is 11.2. The predicted molar refractivity (Wildman–Crippen MR) is 73.8 cm³/mol. The summed E-state index contributed by atoms with van der Waals surface area (Å²) in [5, 5.41) is 0. The lowest BCUT2D eigenvalue weighted by Crippen LogP contribution is -2.52. The summed E-state index contributed by atoms with van der Waals surface area (Å²) in [5.74, 6) is -0.755. The number of anilines is 1. The number of carbonyl (C=O) groups excluding carboxylic acids is 1. The van der Waals surface area contributed by atoms with Gasteiger partial charge in [0.2, 0.25) is 15.9 Å². The summed E-state index contributed by atoms with van der Waals surface area (Å²) in [7, 11) is -3.84. The quantitative estimate of drug-likeness (QED) is 0.678. The molecule has 106 valence electrons. The van der Waals surface area contributed by atoms with Crippen LogP contribution < -0.4 is 16.2 Å². The average Bonchev–Trinajstić information content (AvgIpc) is 2.27. The molecular formula is C12H19N3O3S. The van der Waals surface area contributed by atoms with Crippen molar-refractivity contribution < 1.29 is 13.2 Å². The minimum atomic E-state index is -3.84. The smallest absolute Gasteiger partial charge is 0.241 e. The van der Waals surface area contributed by atoms with Crippen molar-refractivity contribution in [2.45, 2.75) is 37.6 Å². The van der Waals surface area contributed by atoms with Crippen molar-refractivity contribution in [1.29, 1.82) is 0 Å². The van der Waals surface area contributed by atoms with Crippen molar-refractivity contribution in [3.63, 3.8) is 0 Å². The van der Waals surface area contributed by atoms with Gasteiger partial charge < -0.3 is 11.5 Å². The van der Waals surface area contributed by atoms with Crippen LogP contribution in [0.2, 0.25) is 0 Å². The SMILES string of the molecule is CCc1ccc(S(=O)(=O)NC(C)(C)C(N)=O)cc1N. The molecule has 0 saturated carbocycles. The number of nitrogens with two attached hydrogens (primary N) is 2. The van der Waals surface area contributed by atoms with Gasteiger partial charge in [-0.25, -0.2) is 8.42 Å². The van der Waals surface area contributed by atoms with Crippen LogP contribution in [-0.2, 0) is 21.2 Å². The molecular weight excluding hydrogens is 266 g/mol. The molecule has 1 aromatic rings. The van der Waals surface area contributed by atoms with Crippen LogP contribution in [0.4, 0.5) is 5.69 Å². The summed E-state index contributed by atoms with van der Waals surface area (Å²) in [6, 6.07) is 4.48. The van der Waals surface area contributed by atoms with Gasteiger partial charge in [-0.3, -0.25) is 4.79 Å². The first kappa shape index (κ1) is 15.5. The number of rotatable bonds is 5. The standard InChI is InChI=1S/C12H19N3O3S/c1-4-8-5-6-9(7-10(8)13)19(17,18)15-12(2,3)11(14)16/h5-7,15H,4,13H2,1-3H3,(H2,14,16). The number of primary amides is 1. The maximum Gasteiger partial charge on any atom is 0.241 e. The number of nitrogens with one attached hydrogen (secondary N) is 1. The van der Waals surface area contributed by atoms with Gasteiger partial charge in [-0.1, -0.05) is 13.0 Å². The zero-order valence-corrected chi connectivity index (χ0v) is 12.0. The first-order valence-corrected chi connectivity index (χ1v) is 7.30. The molecule has 5 N–H and O–H groups in total. The lowest BCUT2D eigenvalue weighted by atomic mass is 10.1. The summed E-state index contributed by atoms with van der Waals surface area (Å²) in [6.07, 6.45) is 0.715. The van der Waals surface area contributed by atoms with E-state index in [1.807, 2.05) is 6.92 Å². The average molecular weight is 285 g/mol. The topological polar surface area (TPSA) is 115 Å². The van der Waals surface area contributed by atoms with Crippen molar-refractivity contribution in [2.75, 3.05) is 5.73 Å². The van der Waals surface area contributed by atoms with Gasteiger partial charge in [0.15, 0.2) is 0 Å². The van der Waals surface area contributed by atoms with Crippen LogP contribution in [-0.4, -0.2) is 19.9 Å². The predicted octanol–water partition coefficient (Wildman–Crippen LogP) is 0.373. The maximum atomic E-state index is 12.1. The van der Waals surface area contributed by atoms with Gasteiger partial charge in [0.25, 0.3) is 0 Å². The minimum Gasteiger partial charge on any atom is -0.398 e. The molecule has 6 nitrogen and oxygen atoms in total. The Morgan fingerprint density at radius 1 is 1.37 bits per heavy atom. The maximum absolute atomic E-state index is 12.1. The van der Waals surface area contributed by atoms with Crippen LogP contribution in [0.15, 0.2) is 23.1 Å². The molecule has 0 aliphatic rings. The van der Waals surface area contributed by atoms with Gasteiger partial charge in [0, 0.05) is 5.69 Å². The summed E-state index contributed by atoms with van der Waals surface area (Å²) >= 11 is 0. The Balaban J connectivity index is 3.15. The second kappa shape index (κ2) is 5.18. The molecule has 19 heavy (non-hydrogen) atoms. The van der Waals surface area contributed by atoms with E-state index in [4.69, 9.17) is 11.5 Å². The third-order valence-electron chi connectivity index (χ3n) is 2.81. The number of benzene rings is 1. The van der Waals surface area contributed by atoms with Crippen molar-refractivity contribution in [1.82, 2.24) is 4.72 Å². The zero-order chi connectivity index (χ0) is 14.8. The molecule has 0 atom stereocenters. The Bertz CT molecular complexity index is 594. The Hall–Kier alpha value is -1.60. The number of hydrogen-bond acceptors (Lipinski definition) is 4.